The Morgan fingerprint density at radius 2 is 1.71 bits per heavy atom. The summed E-state index contributed by atoms with van der Waals surface area (Å²) in [6, 6.07) is 0. The molecule has 13 atom stereocenters. The van der Waals surface area contributed by atoms with Crippen LogP contribution in [0.25, 0.3) is 0 Å². The monoisotopic (exact) mass is 480 g/mol. The first kappa shape index (κ1) is 20.5. The Morgan fingerprint density at radius 3 is 2.51 bits per heavy atom. The largest absolute Gasteiger partial charge is 0.465 e. The summed E-state index contributed by atoms with van der Waals surface area (Å²) < 4.78 is 18.2. The van der Waals surface area contributed by atoms with Crippen LogP contribution in [0.1, 0.15) is 77.0 Å². The first-order valence-corrected chi connectivity index (χ1v) is 14.5. The highest BCUT2D eigenvalue weighted by Gasteiger charge is 2.74. The number of carbonyl (C=O) groups excluding carboxylic acids is 3. The van der Waals surface area contributed by atoms with E-state index in [-0.39, 0.29) is 52.8 Å². The molecular weight excluding hydrogens is 444 g/mol. The molecule has 3 heterocycles. The minimum Gasteiger partial charge on any atom is -0.465 e. The molecular formula is C29H36O6. The molecule has 0 aromatic heterocycles. The summed E-state index contributed by atoms with van der Waals surface area (Å²) >= 11 is 0. The van der Waals surface area contributed by atoms with E-state index in [4.69, 9.17) is 14.2 Å². The summed E-state index contributed by atoms with van der Waals surface area (Å²) in [5.74, 6) is 3.52. The van der Waals surface area contributed by atoms with Gasteiger partial charge in [-0.2, -0.15) is 0 Å². The molecule has 0 aromatic carbocycles. The van der Waals surface area contributed by atoms with E-state index in [1.54, 1.807) is 0 Å². The SMILES string of the molecule is O=C1CC2(CO1)CC1CCC2(C2CC3(CC4CC(C5OC(=O)C6C7CCC(C7)C56)C3C4)C(=O)O2)C1. The van der Waals surface area contributed by atoms with Gasteiger partial charge in [0.1, 0.15) is 12.2 Å². The molecule has 6 heteroatoms. The molecule has 6 aliphatic carbocycles. The second-order valence-corrected chi connectivity index (χ2v) is 14.5. The Kier molecular flexibility index (Phi) is 3.67. The van der Waals surface area contributed by atoms with Gasteiger partial charge >= 0.3 is 17.9 Å². The van der Waals surface area contributed by atoms with Crippen LogP contribution in [-0.2, 0) is 28.6 Å². The Hall–Kier alpha value is -1.59. The van der Waals surface area contributed by atoms with Crippen molar-refractivity contribution in [2.75, 3.05) is 6.61 Å². The fourth-order valence-corrected chi connectivity index (χ4v) is 12.6. The predicted octanol–water partition coefficient (Wildman–Crippen LogP) is 4.05. The van der Waals surface area contributed by atoms with Gasteiger partial charge in [0.15, 0.2) is 0 Å². The van der Waals surface area contributed by atoms with Crippen molar-refractivity contribution in [2.45, 2.75) is 89.3 Å². The number of hydrogen-bond acceptors (Lipinski definition) is 6. The van der Waals surface area contributed by atoms with Crippen LogP contribution in [0.15, 0.2) is 0 Å². The van der Waals surface area contributed by atoms with Gasteiger partial charge in [0.2, 0.25) is 0 Å². The zero-order chi connectivity index (χ0) is 23.3. The fraction of sp³-hybridized carbons (Fsp3) is 0.897. The van der Waals surface area contributed by atoms with Crippen molar-refractivity contribution in [2.24, 2.45) is 63.6 Å². The number of hydrogen-bond donors (Lipinski definition) is 0. The van der Waals surface area contributed by atoms with Crippen molar-refractivity contribution in [3.63, 3.8) is 0 Å². The molecule has 6 saturated carbocycles. The third kappa shape index (κ3) is 2.25. The normalized spacial score (nSPS) is 60.9. The average molecular weight is 481 g/mol. The number of fused-ring (bicyclic) bond motifs is 11. The minimum absolute atomic E-state index is 0.0227. The highest BCUT2D eigenvalue weighted by atomic mass is 16.6. The quantitative estimate of drug-likeness (QED) is 0.438. The van der Waals surface area contributed by atoms with Crippen LogP contribution < -0.4 is 0 Å². The summed E-state index contributed by atoms with van der Waals surface area (Å²) in [4.78, 5) is 39.0. The molecule has 3 aliphatic heterocycles. The van der Waals surface area contributed by atoms with E-state index in [9.17, 15) is 14.4 Å². The van der Waals surface area contributed by atoms with Crippen molar-refractivity contribution in [3.8, 4) is 0 Å². The average Bonchev–Trinajstić information content (AvgIpc) is 3.66. The van der Waals surface area contributed by atoms with E-state index in [1.807, 2.05) is 0 Å². The molecule has 9 rings (SSSR count). The molecule has 3 saturated heterocycles. The highest BCUT2D eigenvalue weighted by Crippen LogP contribution is 2.74. The van der Waals surface area contributed by atoms with Crippen LogP contribution in [0.3, 0.4) is 0 Å². The second-order valence-electron chi connectivity index (χ2n) is 14.5. The number of esters is 3. The van der Waals surface area contributed by atoms with E-state index in [2.05, 4.69) is 0 Å². The molecule has 188 valence electrons. The standard InChI is InChI=1S/C29H36O6/c30-21-12-27(13-33-21)8-14-3-4-29(27,10-14)20-11-28(26(32)34-20)9-15-5-18(19(28)6-15)24-22-16-1-2-17(7-16)23(22)25(31)35-24/h14-20,22-24H,1-13H2. The van der Waals surface area contributed by atoms with E-state index >= 15 is 0 Å². The van der Waals surface area contributed by atoms with Crippen LogP contribution >= 0.6 is 0 Å². The van der Waals surface area contributed by atoms with Gasteiger partial charge in [0.05, 0.1) is 24.4 Å². The minimum atomic E-state index is -0.402. The molecule has 9 fully saturated rings. The Labute approximate surface area is 206 Å². The van der Waals surface area contributed by atoms with Crippen molar-refractivity contribution in [3.05, 3.63) is 0 Å². The first-order valence-electron chi connectivity index (χ1n) is 14.5. The summed E-state index contributed by atoms with van der Waals surface area (Å²) in [6.07, 6.45) is 12.5. The maximum atomic E-state index is 13.8. The highest BCUT2D eigenvalue weighted by molar-refractivity contribution is 5.81. The van der Waals surface area contributed by atoms with Gasteiger partial charge in [-0.25, -0.2) is 0 Å². The molecule has 0 N–H and O–H groups in total. The lowest BCUT2D eigenvalue weighted by Crippen LogP contribution is -2.48. The van der Waals surface area contributed by atoms with Gasteiger partial charge < -0.3 is 14.2 Å². The summed E-state index contributed by atoms with van der Waals surface area (Å²) in [6.45, 7) is 0.516. The predicted molar refractivity (Wildman–Crippen MR) is 121 cm³/mol. The summed E-state index contributed by atoms with van der Waals surface area (Å²) in [7, 11) is 0. The van der Waals surface area contributed by atoms with E-state index in [0.29, 0.717) is 48.5 Å². The van der Waals surface area contributed by atoms with E-state index in [0.717, 1.165) is 44.9 Å². The van der Waals surface area contributed by atoms with Gasteiger partial charge in [0, 0.05) is 29.1 Å². The van der Waals surface area contributed by atoms with Crippen molar-refractivity contribution >= 4 is 17.9 Å². The third-order valence-corrected chi connectivity index (χ3v) is 13.6. The van der Waals surface area contributed by atoms with E-state index < -0.39 is 5.41 Å². The van der Waals surface area contributed by atoms with Crippen LogP contribution in [0.4, 0.5) is 0 Å². The number of ether oxygens (including phenoxy) is 3. The Morgan fingerprint density at radius 1 is 0.829 bits per heavy atom. The molecule has 0 aromatic rings. The third-order valence-electron chi connectivity index (χ3n) is 13.6. The lowest BCUT2D eigenvalue weighted by molar-refractivity contribution is -0.160. The molecule has 6 bridgehead atoms. The number of rotatable bonds is 2. The van der Waals surface area contributed by atoms with Crippen LogP contribution in [0.2, 0.25) is 0 Å². The molecule has 2 spiro atoms. The van der Waals surface area contributed by atoms with Crippen molar-refractivity contribution in [1.29, 1.82) is 0 Å². The number of cyclic esters (lactones) is 3. The molecule has 35 heavy (non-hydrogen) atoms. The fourth-order valence-electron chi connectivity index (χ4n) is 12.6. The molecule has 13 unspecified atom stereocenters. The van der Waals surface area contributed by atoms with Crippen LogP contribution in [0, 0.1) is 63.6 Å². The molecule has 6 nitrogen and oxygen atoms in total. The molecule has 9 aliphatic rings. The Balaban J connectivity index is 1.04. The molecule has 0 amide bonds. The first-order chi connectivity index (χ1) is 16.9. The van der Waals surface area contributed by atoms with Gasteiger partial charge in [-0.05, 0) is 93.8 Å². The zero-order valence-electron chi connectivity index (χ0n) is 20.4. The van der Waals surface area contributed by atoms with Gasteiger partial charge in [-0.3, -0.25) is 14.4 Å². The van der Waals surface area contributed by atoms with Crippen molar-refractivity contribution in [1.82, 2.24) is 0 Å². The van der Waals surface area contributed by atoms with Crippen LogP contribution in [0.5, 0.6) is 0 Å². The number of carbonyl (C=O) groups is 3. The topological polar surface area (TPSA) is 78.9 Å². The lowest BCUT2D eigenvalue weighted by Gasteiger charge is -2.46. The second kappa shape index (κ2) is 6.27. The van der Waals surface area contributed by atoms with Gasteiger partial charge in [0.25, 0.3) is 0 Å². The zero-order valence-corrected chi connectivity index (χ0v) is 20.4. The van der Waals surface area contributed by atoms with Gasteiger partial charge in [-0.15, -0.1) is 0 Å². The summed E-state index contributed by atoms with van der Waals surface area (Å²) in [5, 5.41) is 0. The smallest absolute Gasteiger partial charge is 0.312 e. The summed E-state index contributed by atoms with van der Waals surface area (Å²) in [5.41, 5.74) is -0.617. The lowest BCUT2D eigenvalue weighted by atomic mass is 9.56. The van der Waals surface area contributed by atoms with E-state index in [1.165, 1.54) is 25.7 Å². The van der Waals surface area contributed by atoms with Crippen molar-refractivity contribution < 1.29 is 28.6 Å². The maximum absolute atomic E-state index is 13.8. The maximum Gasteiger partial charge on any atom is 0.312 e. The molecule has 0 radical (unpaired) electrons. The Bertz CT molecular complexity index is 1050. The van der Waals surface area contributed by atoms with Crippen LogP contribution in [-0.4, -0.2) is 36.7 Å². The van der Waals surface area contributed by atoms with Gasteiger partial charge in [-0.1, -0.05) is 0 Å².